The lowest BCUT2D eigenvalue weighted by Gasteiger charge is -2.16. The fraction of sp³-hybridized carbons (Fsp3) is 0.857. The van der Waals surface area contributed by atoms with Gasteiger partial charge in [-0.2, -0.15) is 0 Å². The number of allylic oxidation sites excluding steroid dienone is 1. The number of aliphatic hydroxyl groups excluding tert-OH is 4. The Bertz CT molecular complexity index is 372. The van der Waals surface area contributed by atoms with Gasteiger partial charge in [0.2, 0.25) is 0 Å². The van der Waals surface area contributed by atoms with E-state index in [1.807, 2.05) is 6.08 Å². The van der Waals surface area contributed by atoms with Crippen LogP contribution < -0.4 is 0 Å². The van der Waals surface area contributed by atoms with Crippen LogP contribution in [0.1, 0.15) is 84.0 Å². The van der Waals surface area contributed by atoms with Gasteiger partial charge in [0, 0.05) is 6.42 Å². The highest BCUT2D eigenvalue weighted by molar-refractivity contribution is 5.69. The van der Waals surface area contributed by atoms with E-state index in [0.717, 1.165) is 38.5 Å². The summed E-state index contributed by atoms with van der Waals surface area (Å²) in [7, 11) is 0. The van der Waals surface area contributed by atoms with Gasteiger partial charge < -0.3 is 25.2 Å². The van der Waals surface area contributed by atoms with E-state index in [1.165, 1.54) is 19.3 Å². The Morgan fingerprint density at radius 3 is 2.33 bits per heavy atom. The first-order valence-corrected chi connectivity index (χ1v) is 10.5. The monoisotopic (exact) mass is 388 g/mol. The minimum atomic E-state index is -1.01. The van der Waals surface area contributed by atoms with Crippen molar-refractivity contribution >= 4 is 5.97 Å². The Balaban J connectivity index is 3.53. The van der Waals surface area contributed by atoms with Crippen LogP contribution in [0.5, 0.6) is 0 Å². The number of unbranched alkanes of at least 4 members (excludes halogenated alkanes) is 7. The minimum absolute atomic E-state index is 0.163. The van der Waals surface area contributed by atoms with Crippen molar-refractivity contribution in [3.05, 3.63) is 12.2 Å². The maximum absolute atomic E-state index is 11.4. The Kier molecular flexibility index (Phi) is 17.8. The molecule has 0 amide bonds. The summed E-state index contributed by atoms with van der Waals surface area (Å²) >= 11 is 0. The molecule has 0 aromatic heterocycles. The Hall–Kier alpha value is -0.950. The number of rotatable bonds is 18. The van der Waals surface area contributed by atoms with Crippen LogP contribution in [0.4, 0.5) is 0 Å². The SMILES string of the molecule is CCCCC/C=C\C[C@@H](O)[C@H](O)CCCCCCCC(=O)OC[C@@H](O)CO. The quantitative estimate of drug-likeness (QED) is 0.163. The van der Waals surface area contributed by atoms with E-state index in [4.69, 9.17) is 14.9 Å². The molecule has 0 saturated heterocycles. The second-order valence-electron chi connectivity index (χ2n) is 7.16. The van der Waals surface area contributed by atoms with E-state index < -0.39 is 24.9 Å². The molecule has 0 fully saturated rings. The third-order valence-electron chi connectivity index (χ3n) is 4.49. The summed E-state index contributed by atoms with van der Waals surface area (Å²) in [5.74, 6) is -0.358. The van der Waals surface area contributed by atoms with Crippen LogP contribution in [0.15, 0.2) is 12.2 Å². The molecule has 0 aromatic rings. The van der Waals surface area contributed by atoms with E-state index in [2.05, 4.69) is 13.0 Å². The number of hydrogen-bond donors (Lipinski definition) is 4. The van der Waals surface area contributed by atoms with Crippen molar-refractivity contribution in [1.29, 1.82) is 0 Å². The molecular formula is C21H40O6. The van der Waals surface area contributed by atoms with Gasteiger partial charge in [0.1, 0.15) is 12.7 Å². The van der Waals surface area contributed by atoms with Gasteiger partial charge in [0.25, 0.3) is 0 Å². The molecule has 0 aliphatic carbocycles. The van der Waals surface area contributed by atoms with E-state index in [1.54, 1.807) is 0 Å². The number of hydrogen-bond acceptors (Lipinski definition) is 6. The van der Waals surface area contributed by atoms with Gasteiger partial charge in [-0.25, -0.2) is 0 Å². The fourth-order valence-corrected chi connectivity index (χ4v) is 2.68. The summed E-state index contributed by atoms with van der Waals surface area (Å²) in [5.41, 5.74) is 0. The Labute approximate surface area is 164 Å². The fourth-order valence-electron chi connectivity index (χ4n) is 2.68. The smallest absolute Gasteiger partial charge is 0.305 e. The van der Waals surface area contributed by atoms with E-state index in [-0.39, 0.29) is 12.6 Å². The summed E-state index contributed by atoms with van der Waals surface area (Å²) in [6.07, 6.45) is 12.1. The highest BCUT2D eigenvalue weighted by Gasteiger charge is 2.14. The van der Waals surface area contributed by atoms with Crippen molar-refractivity contribution < 1.29 is 30.0 Å². The first-order valence-electron chi connectivity index (χ1n) is 10.5. The van der Waals surface area contributed by atoms with Crippen molar-refractivity contribution in [3.63, 3.8) is 0 Å². The average Bonchev–Trinajstić information content (AvgIpc) is 2.67. The minimum Gasteiger partial charge on any atom is -0.463 e. The van der Waals surface area contributed by atoms with Crippen molar-refractivity contribution in [3.8, 4) is 0 Å². The van der Waals surface area contributed by atoms with Gasteiger partial charge in [-0.05, 0) is 32.1 Å². The van der Waals surface area contributed by atoms with Gasteiger partial charge in [-0.3, -0.25) is 4.79 Å². The van der Waals surface area contributed by atoms with Gasteiger partial charge in [-0.1, -0.05) is 57.6 Å². The molecule has 0 radical (unpaired) electrons. The molecule has 0 aromatic carbocycles. The van der Waals surface area contributed by atoms with Crippen LogP contribution in [0.3, 0.4) is 0 Å². The van der Waals surface area contributed by atoms with Gasteiger partial charge in [0.15, 0.2) is 0 Å². The summed E-state index contributed by atoms with van der Waals surface area (Å²) in [6.45, 7) is 1.59. The Morgan fingerprint density at radius 1 is 0.926 bits per heavy atom. The van der Waals surface area contributed by atoms with Gasteiger partial charge in [-0.15, -0.1) is 0 Å². The molecular weight excluding hydrogens is 348 g/mol. The number of carbonyl (C=O) groups excluding carboxylic acids is 1. The van der Waals surface area contributed by atoms with E-state index in [9.17, 15) is 15.0 Å². The van der Waals surface area contributed by atoms with Crippen molar-refractivity contribution in [2.45, 2.75) is 102 Å². The molecule has 0 heterocycles. The van der Waals surface area contributed by atoms with Crippen LogP contribution in [0, 0.1) is 0 Å². The zero-order chi connectivity index (χ0) is 20.3. The summed E-state index contributed by atoms with van der Waals surface area (Å²) in [6, 6.07) is 0. The zero-order valence-electron chi connectivity index (χ0n) is 16.9. The zero-order valence-corrected chi connectivity index (χ0v) is 16.9. The largest absolute Gasteiger partial charge is 0.463 e. The molecule has 3 atom stereocenters. The third kappa shape index (κ3) is 16.9. The lowest BCUT2D eigenvalue weighted by atomic mass is 10.0. The molecule has 160 valence electrons. The number of aliphatic hydroxyl groups is 4. The second-order valence-corrected chi connectivity index (χ2v) is 7.16. The van der Waals surface area contributed by atoms with E-state index in [0.29, 0.717) is 19.3 Å². The molecule has 6 heteroatoms. The molecule has 0 aliphatic heterocycles. The first kappa shape index (κ1) is 26.1. The second kappa shape index (κ2) is 18.4. The summed E-state index contributed by atoms with van der Waals surface area (Å²) < 4.78 is 4.82. The molecule has 0 saturated carbocycles. The number of carbonyl (C=O) groups is 1. The average molecular weight is 389 g/mol. The van der Waals surface area contributed by atoms with Gasteiger partial charge in [0.05, 0.1) is 18.8 Å². The highest BCUT2D eigenvalue weighted by Crippen LogP contribution is 2.13. The molecule has 0 unspecified atom stereocenters. The molecule has 4 N–H and O–H groups in total. The van der Waals surface area contributed by atoms with Crippen molar-refractivity contribution in [1.82, 2.24) is 0 Å². The predicted molar refractivity (Wildman–Crippen MR) is 106 cm³/mol. The van der Waals surface area contributed by atoms with Gasteiger partial charge >= 0.3 is 5.97 Å². The molecule has 0 spiro atoms. The van der Waals surface area contributed by atoms with Crippen LogP contribution in [-0.4, -0.2) is 57.9 Å². The molecule has 0 rings (SSSR count). The standard InChI is InChI=1S/C21H40O6/c1-2-3-4-5-7-10-13-19(24)20(25)14-11-8-6-9-12-15-21(26)27-17-18(23)16-22/h7,10,18-20,22-25H,2-6,8-9,11-17H2,1H3/b10-7-/t18-,19+,20+/m0/s1. The van der Waals surface area contributed by atoms with Crippen LogP contribution in [0.25, 0.3) is 0 Å². The topological polar surface area (TPSA) is 107 Å². The number of ether oxygens (including phenoxy) is 1. The van der Waals surface area contributed by atoms with E-state index >= 15 is 0 Å². The lowest BCUT2D eigenvalue weighted by molar-refractivity contribution is -0.147. The summed E-state index contributed by atoms with van der Waals surface area (Å²) in [5, 5.41) is 37.6. The summed E-state index contributed by atoms with van der Waals surface area (Å²) in [4.78, 5) is 11.4. The highest BCUT2D eigenvalue weighted by atomic mass is 16.5. The lowest BCUT2D eigenvalue weighted by Crippen LogP contribution is -2.25. The van der Waals surface area contributed by atoms with Crippen molar-refractivity contribution in [2.24, 2.45) is 0 Å². The third-order valence-corrected chi connectivity index (χ3v) is 4.49. The molecule has 0 bridgehead atoms. The maximum atomic E-state index is 11.4. The predicted octanol–water partition coefficient (Wildman–Crippen LogP) is 2.86. The molecule has 27 heavy (non-hydrogen) atoms. The first-order chi connectivity index (χ1) is 13.0. The molecule has 6 nitrogen and oxygen atoms in total. The maximum Gasteiger partial charge on any atom is 0.305 e. The molecule has 0 aliphatic rings. The normalized spacial score (nSPS) is 15.0. The number of esters is 1. The van der Waals surface area contributed by atoms with Crippen molar-refractivity contribution in [2.75, 3.05) is 13.2 Å². The van der Waals surface area contributed by atoms with Crippen LogP contribution in [-0.2, 0) is 9.53 Å². The van der Waals surface area contributed by atoms with Crippen LogP contribution in [0.2, 0.25) is 0 Å². The Morgan fingerprint density at radius 2 is 1.63 bits per heavy atom. The van der Waals surface area contributed by atoms with Crippen LogP contribution >= 0.6 is 0 Å².